The average molecular weight is 888 g/mol. The summed E-state index contributed by atoms with van der Waals surface area (Å²) >= 11 is 0. The molecule has 6 atom stereocenters. The summed E-state index contributed by atoms with van der Waals surface area (Å²) in [5.41, 5.74) is 14.3. The van der Waals surface area contributed by atoms with Crippen molar-refractivity contribution in [3.05, 3.63) is 102 Å². The molecule has 7 amide bonds. The standard InChI is InChI=1S/C43H53N9O8S2/c1-25(53)47-37-24-62-61-23-36(38(45)55)52-41(58)34(20-27-14-16-29(54)17-15-27)49-39(56)32(13-7-8-18-44)48-42(59)35(21-28-22-46-31-12-6-5-11-30(28)31)51-40(57)33(50-43(37)60)19-26-9-3-2-4-10-26/h2-6,9-12,14-17,22,32-37,46,54H,7-8,13,18-21,23-24,44H2,1H3,(H2,45,55)(H,47,53)(H,48,59)(H,49,56)(H,50,60)(H,51,57)(H,52,58)/t32-,33-,34+,35-,36-,37-/m0/s1. The predicted molar refractivity (Wildman–Crippen MR) is 238 cm³/mol. The highest BCUT2D eigenvalue weighted by Crippen LogP contribution is 2.24. The number of hydrogen-bond donors (Lipinski definition) is 10. The highest BCUT2D eigenvalue weighted by molar-refractivity contribution is 8.76. The molecule has 5 rings (SSSR count). The number of nitrogens with one attached hydrogen (secondary N) is 7. The van der Waals surface area contributed by atoms with Gasteiger partial charge in [0.1, 0.15) is 42.0 Å². The number of amides is 7. The number of fused-ring (bicyclic) bond motifs is 1. The molecule has 12 N–H and O–H groups in total. The molecule has 0 aliphatic carbocycles. The Balaban J connectivity index is 1.55. The van der Waals surface area contributed by atoms with E-state index in [0.717, 1.165) is 32.5 Å². The van der Waals surface area contributed by atoms with E-state index < -0.39 is 77.6 Å². The topological polar surface area (TPSA) is 280 Å². The normalized spacial score (nSPS) is 22.3. The Morgan fingerprint density at radius 3 is 1.87 bits per heavy atom. The number of carbonyl (C=O) groups excluding carboxylic acids is 7. The van der Waals surface area contributed by atoms with Gasteiger partial charge in [0.05, 0.1) is 0 Å². The number of nitrogens with two attached hydrogens (primary N) is 2. The summed E-state index contributed by atoms with van der Waals surface area (Å²) < 4.78 is 0. The van der Waals surface area contributed by atoms with E-state index in [9.17, 15) is 38.7 Å². The Morgan fingerprint density at radius 2 is 1.23 bits per heavy atom. The van der Waals surface area contributed by atoms with Crippen molar-refractivity contribution in [2.75, 3.05) is 18.1 Å². The second-order valence-corrected chi connectivity index (χ2v) is 17.5. The number of H-pyrrole nitrogens is 1. The Kier molecular flexibility index (Phi) is 17.6. The van der Waals surface area contributed by atoms with E-state index in [1.807, 2.05) is 30.3 Å². The number of aromatic amines is 1. The molecule has 1 saturated heterocycles. The van der Waals surface area contributed by atoms with Crippen molar-refractivity contribution in [2.45, 2.75) is 81.7 Å². The van der Waals surface area contributed by atoms with Crippen molar-refractivity contribution in [2.24, 2.45) is 11.5 Å². The monoisotopic (exact) mass is 887 g/mol. The number of phenolic OH excluding ortho intramolecular Hbond substituents is 1. The van der Waals surface area contributed by atoms with Gasteiger partial charge >= 0.3 is 0 Å². The molecule has 17 nitrogen and oxygen atoms in total. The van der Waals surface area contributed by atoms with E-state index in [0.29, 0.717) is 36.1 Å². The van der Waals surface area contributed by atoms with E-state index in [2.05, 4.69) is 36.9 Å². The SMILES string of the molecule is CC(=O)N[C@H]1CSSC[C@@H](C(N)=O)NC(=O)[C@@H](Cc2ccc(O)cc2)NC(=O)[C@H](CCCCN)NC(=O)[C@H](Cc2c[nH]c3ccccc23)NC(=O)[C@H](Cc2ccccc2)NC1=O. The molecule has 0 radical (unpaired) electrons. The number of rotatable bonds is 12. The van der Waals surface area contributed by atoms with Gasteiger partial charge in [-0.1, -0.05) is 82.3 Å². The van der Waals surface area contributed by atoms with Crippen LogP contribution in [-0.2, 0) is 52.8 Å². The van der Waals surface area contributed by atoms with Crippen LogP contribution in [0.25, 0.3) is 10.9 Å². The van der Waals surface area contributed by atoms with Crippen LogP contribution in [0.1, 0.15) is 42.9 Å². The predicted octanol–water partition coefficient (Wildman–Crippen LogP) is 0.839. The summed E-state index contributed by atoms with van der Waals surface area (Å²) in [6, 6.07) is 15.1. The quantitative estimate of drug-likeness (QED) is 0.0703. The summed E-state index contributed by atoms with van der Waals surface area (Å²) in [7, 11) is 2.24. The number of benzene rings is 3. The molecule has 0 spiro atoms. The number of para-hydroxylation sites is 1. The summed E-state index contributed by atoms with van der Waals surface area (Å²) in [5, 5.41) is 27.2. The molecule has 19 heteroatoms. The molecular formula is C43H53N9O8S2. The second kappa shape index (κ2) is 23.2. The average Bonchev–Trinajstić information content (AvgIpc) is 3.66. The molecular weight excluding hydrogens is 835 g/mol. The third kappa shape index (κ3) is 14.0. The van der Waals surface area contributed by atoms with Crippen molar-refractivity contribution in [3.8, 4) is 5.75 Å². The van der Waals surface area contributed by atoms with Crippen LogP contribution in [0.3, 0.4) is 0 Å². The zero-order valence-corrected chi connectivity index (χ0v) is 35.8. The summed E-state index contributed by atoms with van der Waals surface area (Å²) in [6.45, 7) is 1.56. The van der Waals surface area contributed by atoms with Gasteiger partial charge in [0.25, 0.3) is 0 Å². The van der Waals surface area contributed by atoms with E-state index >= 15 is 0 Å². The van der Waals surface area contributed by atoms with Gasteiger partial charge in [-0.25, -0.2) is 0 Å². The molecule has 330 valence electrons. The van der Waals surface area contributed by atoms with Gasteiger partial charge in [-0.05, 0) is 60.7 Å². The fourth-order valence-corrected chi connectivity index (χ4v) is 9.19. The van der Waals surface area contributed by atoms with Crippen LogP contribution in [-0.4, -0.2) is 106 Å². The molecule has 62 heavy (non-hydrogen) atoms. The Morgan fingerprint density at radius 1 is 0.677 bits per heavy atom. The minimum atomic E-state index is -1.28. The second-order valence-electron chi connectivity index (χ2n) is 14.9. The number of carbonyl (C=O) groups is 7. The zero-order chi connectivity index (χ0) is 44.6. The number of phenols is 1. The van der Waals surface area contributed by atoms with E-state index in [4.69, 9.17) is 11.5 Å². The van der Waals surface area contributed by atoms with Crippen LogP contribution in [0, 0.1) is 0 Å². The minimum absolute atomic E-state index is 0.00808. The highest BCUT2D eigenvalue weighted by Gasteiger charge is 2.34. The maximum Gasteiger partial charge on any atom is 0.244 e. The largest absolute Gasteiger partial charge is 0.508 e. The number of aromatic nitrogens is 1. The Hall–Kier alpha value is -6.05. The summed E-state index contributed by atoms with van der Waals surface area (Å²) in [4.78, 5) is 99.3. The van der Waals surface area contributed by atoms with Crippen molar-refractivity contribution >= 4 is 73.8 Å². The van der Waals surface area contributed by atoms with Crippen LogP contribution >= 0.6 is 21.6 Å². The maximum absolute atomic E-state index is 14.5. The van der Waals surface area contributed by atoms with Crippen LogP contribution in [0.5, 0.6) is 5.75 Å². The van der Waals surface area contributed by atoms with Crippen molar-refractivity contribution in [1.82, 2.24) is 36.9 Å². The number of aromatic hydroxyl groups is 1. The summed E-state index contributed by atoms with van der Waals surface area (Å²) in [5.74, 6) is -4.97. The Labute approximate surface area is 366 Å². The summed E-state index contributed by atoms with van der Waals surface area (Å²) in [6.07, 6.45) is 2.73. The molecule has 3 aromatic carbocycles. The van der Waals surface area contributed by atoms with Gasteiger partial charge in [0.2, 0.25) is 41.4 Å². The Bertz CT molecular complexity index is 2190. The number of hydrogen-bond acceptors (Lipinski definition) is 11. The van der Waals surface area contributed by atoms with Gasteiger partial charge in [-0.2, -0.15) is 0 Å². The van der Waals surface area contributed by atoms with Crippen LogP contribution in [0.4, 0.5) is 0 Å². The van der Waals surface area contributed by atoms with E-state index in [1.54, 1.807) is 42.6 Å². The van der Waals surface area contributed by atoms with Crippen molar-refractivity contribution in [3.63, 3.8) is 0 Å². The lowest BCUT2D eigenvalue weighted by Gasteiger charge is -2.28. The number of primary amides is 1. The van der Waals surface area contributed by atoms with Crippen molar-refractivity contribution < 1.29 is 38.7 Å². The van der Waals surface area contributed by atoms with Gasteiger partial charge in [-0.3, -0.25) is 33.6 Å². The van der Waals surface area contributed by atoms with Gasteiger partial charge in [0.15, 0.2) is 0 Å². The van der Waals surface area contributed by atoms with Gasteiger partial charge in [0, 0.05) is 54.8 Å². The molecule has 0 bridgehead atoms. The van der Waals surface area contributed by atoms with E-state index in [1.165, 1.54) is 19.1 Å². The van der Waals surface area contributed by atoms with Crippen LogP contribution in [0.2, 0.25) is 0 Å². The fraction of sp³-hybridized carbons (Fsp3) is 0.372. The third-order valence-corrected chi connectivity index (χ3v) is 12.6. The lowest BCUT2D eigenvalue weighted by atomic mass is 10.0. The smallest absolute Gasteiger partial charge is 0.244 e. The molecule has 1 aliphatic heterocycles. The molecule has 0 unspecified atom stereocenters. The van der Waals surface area contributed by atoms with E-state index in [-0.39, 0.29) is 42.9 Å². The fourth-order valence-electron chi connectivity index (χ4n) is 6.84. The number of unbranched alkanes of at least 4 members (excludes halogenated alkanes) is 1. The maximum atomic E-state index is 14.5. The van der Waals surface area contributed by atoms with Gasteiger partial charge in [-0.15, -0.1) is 0 Å². The molecule has 1 aromatic heterocycles. The molecule has 1 aliphatic rings. The van der Waals surface area contributed by atoms with Gasteiger partial charge < -0.3 is 53.5 Å². The molecule has 1 fully saturated rings. The third-order valence-electron chi connectivity index (χ3n) is 10.1. The van der Waals surface area contributed by atoms with Crippen LogP contribution < -0.4 is 43.4 Å². The lowest BCUT2D eigenvalue weighted by Crippen LogP contribution is -2.60. The van der Waals surface area contributed by atoms with Crippen molar-refractivity contribution in [1.29, 1.82) is 0 Å². The first-order valence-corrected chi connectivity index (χ1v) is 22.7. The first kappa shape index (κ1) is 47.0. The molecule has 4 aromatic rings. The minimum Gasteiger partial charge on any atom is -0.508 e. The zero-order valence-electron chi connectivity index (χ0n) is 34.2. The lowest BCUT2D eigenvalue weighted by molar-refractivity contribution is -0.135. The highest BCUT2D eigenvalue weighted by atomic mass is 33.1. The first-order chi connectivity index (χ1) is 29.8. The molecule has 0 saturated carbocycles. The molecule has 2 heterocycles. The van der Waals surface area contributed by atoms with Crippen LogP contribution in [0.15, 0.2) is 85.1 Å². The first-order valence-electron chi connectivity index (χ1n) is 20.2.